The summed E-state index contributed by atoms with van der Waals surface area (Å²) in [6, 6.07) is 0. The summed E-state index contributed by atoms with van der Waals surface area (Å²) >= 11 is 0. The molecule has 0 spiro atoms. The molecule has 0 saturated carbocycles. The van der Waals surface area contributed by atoms with E-state index in [1.54, 1.807) is 12.1 Å². The van der Waals surface area contributed by atoms with Gasteiger partial charge in [-0.05, 0) is 0 Å². The molecule has 0 amide bonds. The van der Waals surface area contributed by atoms with E-state index in [-0.39, 0.29) is 25.8 Å². The summed E-state index contributed by atoms with van der Waals surface area (Å²) in [7, 11) is 5.27. The van der Waals surface area contributed by atoms with Gasteiger partial charge in [-0.3, -0.25) is 4.84 Å². The van der Waals surface area contributed by atoms with Crippen LogP contribution in [0.4, 0.5) is 0 Å². The van der Waals surface area contributed by atoms with Crippen LogP contribution in [-0.2, 0) is 4.84 Å². The standard InChI is InChI=1S/C3H10N2O.In.2H/c1-5(2)4-6-3;;;/h4H,1-3H3;;;. The van der Waals surface area contributed by atoms with Crippen molar-refractivity contribution in [2.24, 2.45) is 0 Å². The zero-order chi connectivity index (χ0) is 4.99. The van der Waals surface area contributed by atoms with Crippen LogP contribution in [0.25, 0.3) is 0 Å². The Hall–Kier alpha value is 0.750. The molecule has 0 unspecified atom stereocenters. The maximum absolute atomic E-state index is 4.48. The van der Waals surface area contributed by atoms with Crippen molar-refractivity contribution in [3.8, 4) is 0 Å². The Labute approximate surface area is 62.7 Å². The summed E-state index contributed by atoms with van der Waals surface area (Å²) in [4.78, 5) is 4.48. The van der Waals surface area contributed by atoms with Crippen molar-refractivity contribution in [2.75, 3.05) is 21.2 Å². The minimum atomic E-state index is 0. The summed E-state index contributed by atoms with van der Waals surface area (Å²) < 4.78 is 0. The minimum absolute atomic E-state index is 0. The first-order chi connectivity index (χ1) is 2.77. The average Bonchev–Trinajstić information content (AvgIpc) is 1.35. The zero-order valence-corrected chi connectivity index (χ0v) is 11.1. The van der Waals surface area contributed by atoms with Crippen molar-refractivity contribution in [2.45, 2.75) is 0 Å². The summed E-state index contributed by atoms with van der Waals surface area (Å²) in [6.45, 7) is 0. The third-order valence-electron chi connectivity index (χ3n) is 0.274. The third-order valence-corrected chi connectivity index (χ3v) is 0.274. The second kappa shape index (κ2) is 6.75. The number of rotatable bonds is 2. The molecule has 3 nitrogen and oxygen atoms in total. The molecule has 0 aliphatic heterocycles. The van der Waals surface area contributed by atoms with Gasteiger partial charge in [0.05, 0.1) is 7.11 Å². The van der Waals surface area contributed by atoms with Crippen LogP contribution in [0, 0.1) is 0 Å². The van der Waals surface area contributed by atoms with Gasteiger partial charge in [-0.1, -0.05) is 0 Å². The quantitative estimate of drug-likeness (QED) is 0.569. The van der Waals surface area contributed by atoms with E-state index in [2.05, 4.69) is 10.4 Å². The molecular weight excluding hydrogens is 195 g/mol. The van der Waals surface area contributed by atoms with E-state index < -0.39 is 0 Å². The Balaban J connectivity index is 0. The first kappa shape index (κ1) is 10.7. The van der Waals surface area contributed by atoms with Crippen molar-refractivity contribution in [3.63, 3.8) is 0 Å². The molecule has 0 aromatic rings. The Bertz CT molecular complexity index is 34.1. The van der Waals surface area contributed by atoms with Gasteiger partial charge in [-0.15, -0.1) is 5.59 Å². The first-order valence-corrected chi connectivity index (χ1v) is 1.73. The number of hydrogen-bond donors (Lipinski definition) is 1. The van der Waals surface area contributed by atoms with Crippen LogP contribution >= 0.6 is 0 Å². The second-order valence-electron chi connectivity index (χ2n) is 1.19. The predicted octanol–water partition coefficient (Wildman–Crippen LogP) is -1.30. The normalized spacial score (nSPS) is 8.57. The van der Waals surface area contributed by atoms with Gasteiger partial charge in [-0.2, -0.15) is 0 Å². The Morgan fingerprint density at radius 2 is 1.86 bits per heavy atom. The van der Waals surface area contributed by atoms with Crippen LogP contribution < -0.4 is 5.59 Å². The van der Waals surface area contributed by atoms with Gasteiger partial charge in [0.25, 0.3) is 0 Å². The summed E-state index contributed by atoms with van der Waals surface area (Å²) in [5.41, 5.74) is 2.54. The predicted molar refractivity (Wildman–Crippen MR) is 32.4 cm³/mol. The van der Waals surface area contributed by atoms with E-state index >= 15 is 0 Å². The Morgan fingerprint density at radius 1 is 1.43 bits per heavy atom. The van der Waals surface area contributed by atoms with E-state index in [1.165, 1.54) is 0 Å². The van der Waals surface area contributed by atoms with Crippen molar-refractivity contribution >= 4 is 25.8 Å². The topological polar surface area (TPSA) is 24.5 Å². The molecule has 0 aliphatic rings. The Morgan fingerprint density at radius 3 is 1.86 bits per heavy atom. The van der Waals surface area contributed by atoms with Gasteiger partial charge in [0.1, 0.15) is 0 Å². The summed E-state index contributed by atoms with van der Waals surface area (Å²) in [5.74, 6) is 0. The summed E-state index contributed by atoms with van der Waals surface area (Å²) in [5, 5.41) is 1.71. The van der Waals surface area contributed by atoms with Crippen LogP contribution in [0.3, 0.4) is 0 Å². The second-order valence-corrected chi connectivity index (χ2v) is 1.19. The molecule has 0 aromatic heterocycles. The van der Waals surface area contributed by atoms with Crippen LogP contribution in [0.2, 0.25) is 0 Å². The zero-order valence-electron chi connectivity index (χ0n) is 5.36. The number of hydrogen-bond acceptors (Lipinski definition) is 3. The molecule has 0 bridgehead atoms. The molecule has 7 heavy (non-hydrogen) atoms. The van der Waals surface area contributed by atoms with Crippen LogP contribution in [0.5, 0.6) is 0 Å². The van der Waals surface area contributed by atoms with E-state index in [0.29, 0.717) is 0 Å². The molecule has 4 heteroatoms. The Kier molecular flexibility index (Phi) is 10.3. The van der Waals surface area contributed by atoms with Crippen LogP contribution in [-0.4, -0.2) is 52.1 Å². The van der Waals surface area contributed by atoms with Crippen molar-refractivity contribution in [1.29, 1.82) is 0 Å². The fourth-order valence-corrected chi connectivity index (χ4v) is 0.183. The molecule has 0 fully saturated rings. The van der Waals surface area contributed by atoms with E-state index in [4.69, 9.17) is 0 Å². The van der Waals surface area contributed by atoms with Crippen molar-refractivity contribution in [3.05, 3.63) is 0 Å². The molecule has 1 radical (unpaired) electrons. The van der Waals surface area contributed by atoms with Gasteiger partial charge in [0.2, 0.25) is 0 Å². The van der Waals surface area contributed by atoms with Crippen molar-refractivity contribution in [1.82, 2.24) is 10.6 Å². The van der Waals surface area contributed by atoms with Crippen LogP contribution in [0.1, 0.15) is 0 Å². The summed E-state index contributed by atoms with van der Waals surface area (Å²) in [6.07, 6.45) is 0. The van der Waals surface area contributed by atoms with E-state index in [0.717, 1.165) is 0 Å². The molecule has 0 heterocycles. The number of hydrazine groups is 1. The SMILES string of the molecule is CONN(C)C.[InH2]. The molecule has 0 saturated heterocycles. The van der Waals surface area contributed by atoms with Gasteiger partial charge in [0.15, 0.2) is 0 Å². The molecule has 0 aliphatic carbocycles. The fourth-order valence-electron chi connectivity index (χ4n) is 0.183. The molecule has 43 valence electrons. The molecular formula is C3H12InN2O. The van der Waals surface area contributed by atoms with E-state index in [9.17, 15) is 0 Å². The third kappa shape index (κ3) is 10.8. The average molecular weight is 207 g/mol. The van der Waals surface area contributed by atoms with Gasteiger partial charge >= 0.3 is 25.8 Å². The van der Waals surface area contributed by atoms with Gasteiger partial charge in [0, 0.05) is 14.1 Å². The van der Waals surface area contributed by atoms with Crippen LogP contribution in [0.15, 0.2) is 0 Å². The first-order valence-electron chi connectivity index (χ1n) is 1.73. The monoisotopic (exact) mass is 207 g/mol. The van der Waals surface area contributed by atoms with Gasteiger partial charge in [-0.25, -0.2) is 5.01 Å². The van der Waals surface area contributed by atoms with Crippen molar-refractivity contribution < 1.29 is 4.84 Å². The van der Waals surface area contributed by atoms with Gasteiger partial charge < -0.3 is 0 Å². The maximum atomic E-state index is 4.48. The number of nitrogens with zero attached hydrogens (tertiary/aromatic N) is 1. The number of nitrogens with one attached hydrogen (secondary N) is 1. The fraction of sp³-hybridized carbons (Fsp3) is 1.00. The molecule has 0 rings (SSSR count). The van der Waals surface area contributed by atoms with E-state index in [1.807, 2.05) is 14.1 Å². The molecule has 1 N–H and O–H groups in total. The molecule has 0 aromatic carbocycles. The molecule has 0 atom stereocenters.